The lowest BCUT2D eigenvalue weighted by Crippen LogP contribution is -2.01. The molecule has 0 radical (unpaired) electrons. The van der Waals surface area contributed by atoms with Crippen LogP contribution >= 0.6 is 59.4 Å². The molecule has 0 atom stereocenters. The Balaban J connectivity index is 1.92. The number of anilines is 1. The number of fused-ring (bicyclic) bond motifs is 1. The molecule has 1 aromatic heterocycles. The highest BCUT2D eigenvalue weighted by Gasteiger charge is 2.13. The van der Waals surface area contributed by atoms with Gasteiger partial charge < -0.3 is 9.73 Å². The van der Waals surface area contributed by atoms with Gasteiger partial charge in [0.15, 0.2) is 5.22 Å². The molecule has 0 bridgehead atoms. The summed E-state index contributed by atoms with van der Waals surface area (Å²) in [6.45, 7) is 0.578. The van der Waals surface area contributed by atoms with Gasteiger partial charge in [-0.3, -0.25) is 0 Å². The highest BCUT2D eigenvalue weighted by molar-refractivity contribution is 9.11. The van der Waals surface area contributed by atoms with Gasteiger partial charge in [0, 0.05) is 30.9 Å². The summed E-state index contributed by atoms with van der Waals surface area (Å²) in [4.78, 5) is 0. The van der Waals surface area contributed by atoms with Crippen molar-refractivity contribution in [1.82, 2.24) is 0 Å². The van der Waals surface area contributed by atoms with Crippen LogP contribution in [-0.4, -0.2) is 0 Å². The van der Waals surface area contributed by atoms with E-state index in [9.17, 15) is 0 Å². The maximum absolute atomic E-state index is 6.20. The van der Waals surface area contributed by atoms with E-state index in [2.05, 4.69) is 53.1 Å². The van der Waals surface area contributed by atoms with Crippen molar-refractivity contribution in [3.05, 3.63) is 60.6 Å². The number of benzene rings is 2. The molecule has 108 valence electrons. The van der Waals surface area contributed by atoms with E-state index in [0.29, 0.717) is 11.8 Å². The van der Waals surface area contributed by atoms with Gasteiger partial charge in [0.25, 0.3) is 0 Å². The summed E-state index contributed by atoms with van der Waals surface area (Å²) >= 11 is 16.8. The van der Waals surface area contributed by atoms with Gasteiger partial charge in [-0.25, -0.2) is 0 Å². The Bertz CT molecular complexity index is 793. The standard InChI is InChI=1S/C15H9Br3ClNO/c16-8-5-11(17)14(12(18)6-8)20-7-10-9-3-1-2-4-13(9)21-15(10)19/h1-6,20H,7H2. The minimum absolute atomic E-state index is 0.424. The Labute approximate surface area is 152 Å². The molecular formula is C15H9Br3ClNO. The molecule has 0 spiro atoms. The van der Waals surface area contributed by atoms with Crippen LogP contribution in [0.1, 0.15) is 5.56 Å². The molecule has 2 aromatic carbocycles. The quantitative estimate of drug-likeness (QED) is 0.425. The normalized spacial score (nSPS) is 11.0. The smallest absolute Gasteiger partial charge is 0.199 e. The lowest BCUT2D eigenvalue weighted by atomic mass is 10.2. The van der Waals surface area contributed by atoms with Crippen LogP contribution in [0.2, 0.25) is 5.22 Å². The third-order valence-corrected chi connectivity index (χ3v) is 5.11. The molecule has 21 heavy (non-hydrogen) atoms. The molecule has 0 fully saturated rings. The predicted octanol–water partition coefficient (Wildman–Crippen LogP) is 6.99. The number of furan rings is 1. The first kappa shape index (κ1) is 15.4. The number of para-hydroxylation sites is 1. The summed E-state index contributed by atoms with van der Waals surface area (Å²) in [5.74, 6) is 0. The molecule has 0 saturated carbocycles. The topological polar surface area (TPSA) is 25.2 Å². The van der Waals surface area contributed by atoms with Crippen LogP contribution in [0.3, 0.4) is 0 Å². The average Bonchev–Trinajstić information content (AvgIpc) is 2.73. The van der Waals surface area contributed by atoms with Gasteiger partial charge in [-0.05, 0) is 61.7 Å². The molecule has 1 heterocycles. The van der Waals surface area contributed by atoms with Crippen molar-refractivity contribution in [2.75, 3.05) is 5.32 Å². The van der Waals surface area contributed by atoms with Crippen molar-refractivity contribution in [3.63, 3.8) is 0 Å². The Hall–Kier alpha value is -0.490. The number of rotatable bonds is 3. The Morgan fingerprint density at radius 1 is 1.05 bits per heavy atom. The van der Waals surface area contributed by atoms with E-state index in [1.54, 1.807) is 0 Å². The van der Waals surface area contributed by atoms with Crippen LogP contribution in [0.15, 0.2) is 54.2 Å². The molecular weight excluding hydrogens is 485 g/mol. The molecule has 0 aliphatic heterocycles. The largest absolute Gasteiger partial charge is 0.444 e. The van der Waals surface area contributed by atoms with E-state index < -0.39 is 0 Å². The monoisotopic (exact) mass is 491 g/mol. The second-order valence-electron chi connectivity index (χ2n) is 4.45. The summed E-state index contributed by atoms with van der Waals surface area (Å²) in [6, 6.07) is 11.8. The Morgan fingerprint density at radius 2 is 1.71 bits per heavy atom. The lowest BCUT2D eigenvalue weighted by molar-refractivity contribution is 0.613. The van der Waals surface area contributed by atoms with Gasteiger partial charge in [0.1, 0.15) is 5.58 Å². The summed E-state index contributed by atoms with van der Waals surface area (Å²) in [7, 11) is 0. The number of nitrogens with one attached hydrogen (secondary N) is 1. The fraction of sp³-hybridized carbons (Fsp3) is 0.0667. The highest BCUT2D eigenvalue weighted by atomic mass is 79.9. The Kier molecular flexibility index (Phi) is 4.64. The van der Waals surface area contributed by atoms with Gasteiger partial charge in [0.05, 0.1) is 5.69 Å². The zero-order valence-corrected chi connectivity index (χ0v) is 16.1. The van der Waals surface area contributed by atoms with Crippen LogP contribution in [-0.2, 0) is 6.54 Å². The zero-order chi connectivity index (χ0) is 15.0. The summed E-state index contributed by atoms with van der Waals surface area (Å²) < 4.78 is 8.49. The first-order chi connectivity index (χ1) is 10.1. The minimum Gasteiger partial charge on any atom is -0.444 e. The van der Waals surface area contributed by atoms with E-state index in [4.69, 9.17) is 16.0 Å². The second-order valence-corrected chi connectivity index (χ2v) is 7.42. The van der Waals surface area contributed by atoms with E-state index >= 15 is 0 Å². The third-order valence-electron chi connectivity index (χ3n) is 3.10. The SMILES string of the molecule is Clc1oc2ccccc2c1CNc1c(Br)cc(Br)cc1Br. The van der Waals surface area contributed by atoms with Gasteiger partial charge in [-0.1, -0.05) is 34.1 Å². The summed E-state index contributed by atoms with van der Waals surface area (Å²) in [5, 5.41) is 4.84. The van der Waals surface area contributed by atoms with Crippen molar-refractivity contribution in [1.29, 1.82) is 0 Å². The van der Waals surface area contributed by atoms with E-state index in [0.717, 1.165) is 35.6 Å². The summed E-state index contributed by atoms with van der Waals surface area (Å²) in [6.07, 6.45) is 0. The molecule has 0 aliphatic rings. The van der Waals surface area contributed by atoms with Gasteiger partial charge in [-0.2, -0.15) is 0 Å². The fourth-order valence-corrected chi connectivity index (χ4v) is 4.91. The molecule has 1 N–H and O–H groups in total. The van der Waals surface area contributed by atoms with E-state index in [1.807, 2.05) is 36.4 Å². The highest BCUT2D eigenvalue weighted by Crippen LogP contribution is 2.36. The average molecular weight is 494 g/mol. The van der Waals surface area contributed by atoms with Crippen LogP contribution in [0.5, 0.6) is 0 Å². The van der Waals surface area contributed by atoms with Crippen molar-refractivity contribution in [3.8, 4) is 0 Å². The maximum Gasteiger partial charge on any atom is 0.199 e. The zero-order valence-electron chi connectivity index (χ0n) is 10.6. The number of hydrogen-bond acceptors (Lipinski definition) is 2. The van der Waals surface area contributed by atoms with Crippen LogP contribution in [0.4, 0.5) is 5.69 Å². The van der Waals surface area contributed by atoms with Crippen molar-refractivity contribution < 1.29 is 4.42 Å². The first-order valence-electron chi connectivity index (χ1n) is 6.10. The predicted molar refractivity (Wildman–Crippen MR) is 98.1 cm³/mol. The van der Waals surface area contributed by atoms with Crippen LogP contribution < -0.4 is 5.32 Å². The lowest BCUT2D eigenvalue weighted by Gasteiger charge is -2.11. The van der Waals surface area contributed by atoms with Crippen molar-refractivity contribution >= 4 is 76.0 Å². The van der Waals surface area contributed by atoms with Gasteiger partial charge >= 0.3 is 0 Å². The third kappa shape index (κ3) is 3.16. The molecule has 3 aromatic rings. The number of hydrogen-bond donors (Lipinski definition) is 1. The van der Waals surface area contributed by atoms with Gasteiger partial charge in [0.2, 0.25) is 0 Å². The molecule has 3 rings (SSSR count). The summed E-state index contributed by atoms with van der Waals surface area (Å²) in [5.41, 5.74) is 2.72. The number of halogens is 4. The van der Waals surface area contributed by atoms with Gasteiger partial charge in [-0.15, -0.1) is 0 Å². The molecule has 2 nitrogen and oxygen atoms in total. The van der Waals surface area contributed by atoms with Crippen LogP contribution in [0, 0.1) is 0 Å². The van der Waals surface area contributed by atoms with Crippen molar-refractivity contribution in [2.45, 2.75) is 6.54 Å². The minimum atomic E-state index is 0.424. The molecule has 0 amide bonds. The fourth-order valence-electron chi connectivity index (χ4n) is 2.12. The van der Waals surface area contributed by atoms with E-state index in [1.165, 1.54) is 0 Å². The molecule has 0 unspecified atom stereocenters. The van der Waals surface area contributed by atoms with E-state index in [-0.39, 0.29) is 0 Å². The molecule has 0 aliphatic carbocycles. The van der Waals surface area contributed by atoms with Crippen molar-refractivity contribution in [2.24, 2.45) is 0 Å². The second kappa shape index (κ2) is 6.32. The molecule has 6 heteroatoms. The maximum atomic E-state index is 6.20. The van der Waals surface area contributed by atoms with Crippen LogP contribution in [0.25, 0.3) is 11.0 Å². The first-order valence-corrected chi connectivity index (χ1v) is 8.86. The Morgan fingerprint density at radius 3 is 2.43 bits per heavy atom. The molecule has 0 saturated heterocycles.